The summed E-state index contributed by atoms with van der Waals surface area (Å²) in [5.41, 5.74) is -0.583. The molecule has 120 valence electrons. The first-order valence-electron chi connectivity index (χ1n) is 7.66. The number of hydrogen-bond acceptors (Lipinski definition) is 5. The lowest BCUT2D eigenvalue weighted by molar-refractivity contribution is -0.147. The maximum absolute atomic E-state index is 12.0. The molecule has 2 N–H and O–H groups in total. The summed E-state index contributed by atoms with van der Waals surface area (Å²) in [6.07, 6.45) is 2.75. The average molecular weight is 298 g/mol. The standard InChI is InChI=1S/C15H26N2O4/c1-10(2)6-12(14(19)21-3)16-13(18)7-17-8-15(20,9-17)11-4-5-11/h10-12,20H,4-9H2,1-3H3,(H,16,18). The van der Waals surface area contributed by atoms with Crippen molar-refractivity contribution in [3.8, 4) is 0 Å². The molecule has 0 bridgehead atoms. The van der Waals surface area contributed by atoms with Crippen LogP contribution in [0.2, 0.25) is 0 Å². The number of carbonyl (C=O) groups is 2. The number of aliphatic hydroxyl groups is 1. The van der Waals surface area contributed by atoms with E-state index in [1.807, 2.05) is 18.7 Å². The van der Waals surface area contributed by atoms with Gasteiger partial charge >= 0.3 is 5.97 Å². The summed E-state index contributed by atoms with van der Waals surface area (Å²) in [5, 5.41) is 12.9. The molecule has 1 heterocycles. The van der Waals surface area contributed by atoms with Gasteiger partial charge in [-0.25, -0.2) is 4.79 Å². The van der Waals surface area contributed by atoms with Gasteiger partial charge in [0.1, 0.15) is 6.04 Å². The fourth-order valence-electron chi connectivity index (χ4n) is 2.99. The Morgan fingerprint density at radius 2 is 2.00 bits per heavy atom. The quantitative estimate of drug-likeness (QED) is 0.654. The van der Waals surface area contributed by atoms with Gasteiger partial charge in [-0.05, 0) is 31.1 Å². The molecule has 0 aromatic carbocycles. The summed E-state index contributed by atoms with van der Waals surface area (Å²) in [6.45, 7) is 5.32. The van der Waals surface area contributed by atoms with Crippen LogP contribution in [0.4, 0.5) is 0 Å². The van der Waals surface area contributed by atoms with Crippen molar-refractivity contribution in [2.24, 2.45) is 11.8 Å². The van der Waals surface area contributed by atoms with Crippen LogP contribution in [0.3, 0.4) is 0 Å². The molecule has 2 fully saturated rings. The molecular weight excluding hydrogens is 272 g/mol. The lowest BCUT2D eigenvalue weighted by Crippen LogP contribution is -2.64. The Morgan fingerprint density at radius 3 is 2.48 bits per heavy atom. The number of ether oxygens (including phenoxy) is 1. The fraction of sp³-hybridized carbons (Fsp3) is 0.867. The van der Waals surface area contributed by atoms with E-state index in [9.17, 15) is 14.7 Å². The van der Waals surface area contributed by atoms with Gasteiger partial charge in [-0.2, -0.15) is 0 Å². The molecule has 2 rings (SSSR count). The minimum atomic E-state index is -0.592. The maximum Gasteiger partial charge on any atom is 0.328 e. The predicted octanol–water partition coefficient (Wildman–Crippen LogP) is 0.147. The Morgan fingerprint density at radius 1 is 1.38 bits per heavy atom. The number of nitrogens with zero attached hydrogens (tertiary/aromatic N) is 1. The van der Waals surface area contributed by atoms with E-state index in [2.05, 4.69) is 5.32 Å². The third-order valence-electron chi connectivity index (χ3n) is 4.23. The molecule has 1 aliphatic carbocycles. The Hall–Kier alpha value is -1.14. The Labute approximate surface area is 125 Å². The summed E-state index contributed by atoms with van der Waals surface area (Å²) in [7, 11) is 1.33. The Balaban J connectivity index is 1.76. The number of carbonyl (C=O) groups excluding carboxylic acids is 2. The van der Waals surface area contributed by atoms with Crippen molar-refractivity contribution in [1.82, 2.24) is 10.2 Å². The van der Waals surface area contributed by atoms with Crippen molar-refractivity contribution in [3.05, 3.63) is 0 Å². The van der Waals surface area contributed by atoms with Gasteiger partial charge in [0.05, 0.1) is 19.3 Å². The van der Waals surface area contributed by atoms with Crippen molar-refractivity contribution < 1.29 is 19.4 Å². The topological polar surface area (TPSA) is 78.9 Å². The highest BCUT2D eigenvalue weighted by Gasteiger charge is 2.52. The fourth-order valence-corrected chi connectivity index (χ4v) is 2.99. The summed E-state index contributed by atoms with van der Waals surface area (Å²) in [5.74, 6) is 0.109. The summed E-state index contributed by atoms with van der Waals surface area (Å²) in [6, 6.07) is -0.592. The Kier molecular flexibility index (Phi) is 4.88. The van der Waals surface area contributed by atoms with E-state index in [0.717, 1.165) is 12.8 Å². The lowest BCUT2D eigenvalue weighted by atomic mass is 9.89. The van der Waals surface area contributed by atoms with Gasteiger partial charge in [0.25, 0.3) is 0 Å². The van der Waals surface area contributed by atoms with Gasteiger partial charge < -0.3 is 15.2 Å². The zero-order valence-electron chi connectivity index (χ0n) is 13.1. The highest BCUT2D eigenvalue weighted by molar-refractivity contribution is 5.85. The first-order chi connectivity index (χ1) is 9.84. The molecule has 1 saturated heterocycles. The van der Waals surface area contributed by atoms with Crippen molar-refractivity contribution >= 4 is 11.9 Å². The average Bonchev–Trinajstić information content (AvgIpc) is 3.18. The number of β-amino-alcohol motifs (C(OH)–C–C–N with tert-alkyl or cyclic N) is 1. The third kappa shape index (κ3) is 4.17. The minimum absolute atomic E-state index is 0.191. The van der Waals surface area contributed by atoms with Gasteiger partial charge in [-0.3, -0.25) is 9.69 Å². The van der Waals surface area contributed by atoms with E-state index in [-0.39, 0.29) is 12.5 Å². The summed E-state index contributed by atoms with van der Waals surface area (Å²) >= 11 is 0. The molecule has 1 amide bonds. The van der Waals surface area contributed by atoms with Gasteiger partial charge in [0.2, 0.25) is 5.91 Å². The van der Waals surface area contributed by atoms with Gasteiger partial charge in [-0.15, -0.1) is 0 Å². The maximum atomic E-state index is 12.0. The molecule has 0 aromatic rings. The molecule has 1 aliphatic heterocycles. The van der Waals surface area contributed by atoms with Crippen molar-refractivity contribution in [2.75, 3.05) is 26.7 Å². The minimum Gasteiger partial charge on any atom is -0.467 e. The van der Waals surface area contributed by atoms with Crippen LogP contribution in [-0.2, 0) is 14.3 Å². The molecule has 0 spiro atoms. The molecule has 6 heteroatoms. The molecule has 21 heavy (non-hydrogen) atoms. The number of nitrogens with one attached hydrogen (secondary N) is 1. The second-order valence-corrected chi connectivity index (χ2v) is 6.80. The van der Waals surface area contributed by atoms with E-state index < -0.39 is 17.6 Å². The van der Waals surface area contributed by atoms with Crippen LogP contribution in [0.25, 0.3) is 0 Å². The second-order valence-electron chi connectivity index (χ2n) is 6.80. The van der Waals surface area contributed by atoms with Crippen molar-refractivity contribution in [2.45, 2.75) is 44.8 Å². The van der Waals surface area contributed by atoms with Crippen LogP contribution in [0.5, 0.6) is 0 Å². The third-order valence-corrected chi connectivity index (χ3v) is 4.23. The van der Waals surface area contributed by atoms with Crippen LogP contribution in [-0.4, -0.2) is 60.3 Å². The molecular formula is C15H26N2O4. The Bertz CT molecular complexity index is 400. The van der Waals surface area contributed by atoms with Crippen LogP contribution < -0.4 is 5.32 Å². The lowest BCUT2D eigenvalue weighted by Gasteiger charge is -2.46. The monoisotopic (exact) mass is 298 g/mol. The SMILES string of the molecule is COC(=O)C(CC(C)C)NC(=O)CN1CC(O)(C2CC2)C1. The molecule has 1 saturated carbocycles. The van der Waals surface area contributed by atoms with Gasteiger partial charge in [0.15, 0.2) is 0 Å². The van der Waals surface area contributed by atoms with Crippen molar-refractivity contribution in [3.63, 3.8) is 0 Å². The molecule has 1 unspecified atom stereocenters. The number of likely N-dealkylation sites (tertiary alicyclic amines) is 1. The first kappa shape index (κ1) is 16.2. The van der Waals surface area contributed by atoms with E-state index in [1.54, 1.807) is 0 Å². The molecule has 1 atom stereocenters. The molecule has 0 aromatic heterocycles. The zero-order chi connectivity index (χ0) is 15.6. The summed E-state index contributed by atoms with van der Waals surface area (Å²) < 4.78 is 4.72. The molecule has 2 aliphatic rings. The normalized spacial score (nSPS) is 22.5. The predicted molar refractivity (Wildman–Crippen MR) is 77.5 cm³/mol. The largest absolute Gasteiger partial charge is 0.467 e. The first-order valence-corrected chi connectivity index (χ1v) is 7.66. The van der Waals surface area contributed by atoms with Crippen LogP contribution in [0, 0.1) is 11.8 Å². The smallest absolute Gasteiger partial charge is 0.328 e. The molecule has 6 nitrogen and oxygen atoms in total. The highest BCUT2D eigenvalue weighted by atomic mass is 16.5. The van der Waals surface area contributed by atoms with E-state index >= 15 is 0 Å². The van der Waals surface area contributed by atoms with Crippen LogP contribution in [0.1, 0.15) is 33.1 Å². The number of hydrogen-bond donors (Lipinski definition) is 2. The van der Waals surface area contributed by atoms with E-state index in [4.69, 9.17) is 4.74 Å². The van der Waals surface area contributed by atoms with E-state index in [0.29, 0.717) is 31.3 Å². The number of methoxy groups -OCH3 is 1. The number of rotatable bonds is 7. The van der Waals surface area contributed by atoms with Gasteiger partial charge in [0, 0.05) is 13.1 Å². The number of esters is 1. The highest BCUT2D eigenvalue weighted by Crippen LogP contribution is 2.44. The molecule has 0 radical (unpaired) electrons. The van der Waals surface area contributed by atoms with Crippen molar-refractivity contribution in [1.29, 1.82) is 0 Å². The van der Waals surface area contributed by atoms with Crippen LogP contribution >= 0.6 is 0 Å². The van der Waals surface area contributed by atoms with E-state index in [1.165, 1.54) is 7.11 Å². The van der Waals surface area contributed by atoms with Gasteiger partial charge in [-0.1, -0.05) is 13.8 Å². The second kappa shape index (κ2) is 6.32. The van der Waals surface area contributed by atoms with Crippen LogP contribution in [0.15, 0.2) is 0 Å². The summed E-state index contributed by atoms with van der Waals surface area (Å²) in [4.78, 5) is 25.6. The number of amides is 1. The zero-order valence-corrected chi connectivity index (χ0v) is 13.1.